The maximum atomic E-state index is 11.5. The van der Waals surface area contributed by atoms with E-state index in [0.29, 0.717) is 6.42 Å². The zero-order valence-corrected chi connectivity index (χ0v) is 14.0. The van der Waals surface area contributed by atoms with Gasteiger partial charge in [-0.2, -0.15) is 5.10 Å². The lowest BCUT2D eigenvalue weighted by atomic mass is 9.99. The Balaban J connectivity index is 1.91. The van der Waals surface area contributed by atoms with Gasteiger partial charge in [-0.3, -0.25) is 5.32 Å². The summed E-state index contributed by atoms with van der Waals surface area (Å²) in [4.78, 5) is 11.5. The quantitative estimate of drug-likeness (QED) is 0.851. The number of hydrazone groups is 1. The van der Waals surface area contributed by atoms with Crippen molar-refractivity contribution in [2.45, 2.75) is 12.5 Å². The van der Waals surface area contributed by atoms with Crippen molar-refractivity contribution in [1.29, 1.82) is 0 Å². The van der Waals surface area contributed by atoms with Gasteiger partial charge in [0.1, 0.15) is 0 Å². The number of methoxy groups -OCH3 is 1. The van der Waals surface area contributed by atoms with Gasteiger partial charge in [-0.05, 0) is 23.3 Å². The van der Waals surface area contributed by atoms with Gasteiger partial charge >= 0.3 is 6.09 Å². The summed E-state index contributed by atoms with van der Waals surface area (Å²) in [6, 6.07) is 19.9. The number of nitrogens with zero attached hydrogens (tertiary/aromatic N) is 2. The second-order valence-electron chi connectivity index (χ2n) is 5.31. The first kappa shape index (κ1) is 16.1. The summed E-state index contributed by atoms with van der Waals surface area (Å²) < 4.78 is 4.62. The largest absolute Gasteiger partial charge is 0.453 e. The molecule has 0 radical (unpaired) electrons. The normalized spacial score (nSPS) is 16.5. The highest BCUT2D eigenvalue weighted by atomic mass is 32.1. The number of hydrogen-bond acceptors (Lipinski definition) is 4. The molecule has 0 saturated heterocycles. The first-order chi connectivity index (χ1) is 11.7. The number of carbonyl (C=O) groups excluding carboxylic acids is 1. The van der Waals surface area contributed by atoms with Gasteiger partial charge in [-0.25, -0.2) is 9.80 Å². The Hall–Kier alpha value is -2.73. The third-order valence-electron chi connectivity index (χ3n) is 3.80. The summed E-state index contributed by atoms with van der Waals surface area (Å²) in [5.41, 5.74) is 3.06. The maximum Gasteiger partial charge on any atom is 0.413 e. The number of nitrogens with one attached hydrogen (secondary N) is 1. The Morgan fingerprint density at radius 2 is 1.79 bits per heavy atom. The van der Waals surface area contributed by atoms with Crippen molar-refractivity contribution >= 4 is 29.1 Å². The van der Waals surface area contributed by atoms with Crippen molar-refractivity contribution in [2.24, 2.45) is 5.10 Å². The molecule has 5 nitrogen and oxygen atoms in total. The van der Waals surface area contributed by atoms with Crippen LogP contribution in [-0.2, 0) is 4.74 Å². The van der Waals surface area contributed by atoms with Crippen LogP contribution in [-0.4, -0.2) is 29.0 Å². The zero-order valence-electron chi connectivity index (χ0n) is 13.2. The molecule has 2 aromatic carbocycles. The van der Waals surface area contributed by atoms with E-state index in [1.807, 2.05) is 60.7 Å². The van der Waals surface area contributed by atoms with Gasteiger partial charge in [0.05, 0.1) is 18.9 Å². The molecule has 6 heteroatoms. The van der Waals surface area contributed by atoms with Gasteiger partial charge in [-0.15, -0.1) is 0 Å². The summed E-state index contributed by atoms with van der Waals surface area (Å²) in [5.74, 6) is 0. The number of benzene rings is 2. The molecule has 122 valence electrons. The van der Waals surface area contributed by atoms with E-state index < -0.39 is 6.09 Å². The van der Waals surface area contributed by atoms with E-state index in [9.17, 15) is 4.79 Å². The van der Waals surface area contributed by atoms with Crippen LogP contribution >= 0.6 is 12.2 Å². The molecule has 3 rings (SSSR count). The molecule has 1 unspecified atom stereocenters. The van der Waals surface area contributed by atoms with Crippen LogP contribution in [0.1, 0.15) is 23.6 Å². The lowest BCUT2D eigenvalue weighted by molar-refractivity contribution is 0.175. The summed E-state index contributed by atoms with van der Waals surface area (Å²) >= 11 is 5.34. The molecule has 2 aromatic rings. The van der Waals surface area contributed by atoms with Crippen molar-refractivity contribution < 1.29 is 9.53 Å². The monoisotopic (exact) mass is 339 g/mol. The first-order valence-corrected chi connectivity index (χ1v) is 7.96. The number of ether oxygens (including phenoxy) is 1. The Labute approximate surface area is 145 Å². The third kappa shape index (κ3) is 3.44. The lowest BCUT2D eigenvalue weighted by Crippen LogP contribution is -2.40. The number of amides is 1. The molecule has 0 aliphatic carbocycles. The summed E-state index contributed by atoms with van der Waals surface area (Å²) in [5, 5.41) is 9.07. The molecule has 1 atom stereocenters. The molecule has 0 saturated carbocycles. The Bertz CT molecular complexity index is 762. The minimum atomic E-state index is -0.602. The van der Waals surface area contributed by atoms with E-state index in [1.54, 1.807) is 5.01 Å². The van der Waals surface area contributed by atoms with Crippen LogP contribution in [0.3, 0.4) is 0 Å². The molecule has 0 fully saturated rings. The van der Waals surface area contributed by atoms with E-state index in [2.05, 4.69) is 15.2 Å². The second kappa shape index (κ2) is 7.23. The maximum absolute atomic E-state index is 11.5. The SMILES string of the molecule is COC(=O)NC(=S)N1N=C(c2ccccc2)CC1c1ccccc1. The topological polar surface area (TPSA) is 53.9 Å². The Morgan fingerprint density at radius 1 is 1.17 bits per heavy atom. The van der Waals surface area contributed by atoms with E-state index in [-0.39, 0.29) is 11.2 Å². The van der Waals surface area contributed by atoms with E-state index in [0.717, 1.165) is 16.8 Å². The molecular weight excluding hydrogens is 322 g/mol. The van der Waals surface area contributed by atoms with E-state index in [4.69, 9.17) is 12.2 Å². The highest BCUT2D eigenvalue weighted by molar-refractivity contribution is 7.80. The average Bonchev–Trinajstić information content (AvgIpc) is 3.08. The second-order valence-corrected chi connectivity index (χ2v) is 5.70. The molecule has 24 heavy (non-hydrogen) atoms. The molecule has 1 N–H and O–H groups in total. The van der Waals surface area contributed by atoms with Gasteiger partial charge in [0, 0.05) is 6.42 Å². The van der Waals surface area contributed by atoms with Crippen molar-refractivity contribution in [3.8, 4) is 0 Å². The number of carbonyl (C=O) groups is 1. The predicted molar refractivity (Wildman–Crippen MR) is 96.8 cm³/mol. The fourth-order valence-corrected chi connectivity index (χ4v) is 2.88. The molecule has 0 bridgehead atoms. The van der Waals surface area contributed by atoms with Gasteiger partial charge in [0.2, 0.25) is 0 Å². The van der Waals surface area contributed by atoms with Gasteiger partial charge < -0.3 is 4.74 Å². The number of alkyl carbamates (subject to hydrolysis) is 1. The van der Waals surface area contributed by atoms with Crippen LogP contribution < -0.4 is 5.32 Å². The molecule has 1 amide bonds. The molecule has 0 aromatic heterocycles. The third-order valence-corrected chi connectivity index (χ3v) is 4.09. The van der Waals surface area contributed by atoms with Crippen LogP contribution in [0, 0.1) is 0 Å². The van der Waals surface area contributed by atoms with Crippen molar-refractivity contribution in [1.82, 2.24) is 10.3 Å². The minimum Gasteiger partial charge on any atom is -0.453 e. The fourth-order valence-electron chi connectivity index (χ4n) is 2.63. The summed E-state index contributed by atoms with van der Waals surface area (Å²) in [6.07, 6.45) is 0.104. The molecular formula is C18H17N3O2S. The fraction of sp³-hybridized carbons (Fsp3) is 0.167. The Morgan fingerprint density at radius 3 is 2.42 bits per heavy atom. The summed E-state index contributed by atoms with van der Waals surface area (Å²) in [7, 11) is 1.30. The molecule has 1 aliphatic heterocycles. The van der Waals surface area contributed by atoms with Crippen LogP contribution in [0.5, 0.6) is 0 Å². The van der Waals surface area contributed by atoms with Crippen LogP contribution in [0.2, 0.25) is 0 Å². The van der Waals surface area contributed by atoms with Crippen molar-refractivity contribution in [3.05, 3.63) is 71.8 Å². The van der Waals surface area contributed by atoms with Crippen LogP contribution in [0.15, 0.2) is 65.8 Å². The standard InChI is InChI=1S/C18H17N3O2S/c1-23-18(22)19-17(24)21-16(14-10-6-3-7-11-14)12-15(20-21)13-8-4-2-5-9-13/h2-11,16H,12H2,1H3,(H,19,22,24). The number of rotatable bonds is 2. The number of thiocarbonyl (C=S) groups is 1. The van der Waals surface area contributed by atoms with Gasteiger partial charge in [0.15, 0.2) is 5.11 Å². The zero-order chi connectivity index (χ0) is 16.9. The molecule has 1 heterocycles. The molecule has 1 aliphatic rings. The van der Waals surface area contributed by atoms with E-state index in [1.165, 1.54) is 7.11 Å². The average molecular weight is 339 g/mol. The smallest absolute Gasteiger partial charge is 0.413 e. The predicted octanol–water partition coefficient (Wildman–Crippen LogP) is 3.48. The van der Waals surface area contributed by atoms with Gasteiger partial charge in [-0.1, -0.05) is 60.7 Å². The van der Waals surface area contributed by atoms with Gasteiger partial charge in [0.25, 0.3) is 0 Å². The lowest BCUT2D eigenvalue weighted by Gasteiger charge is -2.23. The highest BCUT2D eigenvalue weighted by Gasteiger charge is 2.31. The minimum absolute atomic E-state index is 0.0638. The highest BCUT2D eigenvalue weighted by Crippen LogP contribution is 2.32. The van der Waals surface area contributed by atoms with E-state index >= 15 is 0 Å². The van der Waals surface area contributed by atoms with Crippen molar-refractivity contribution in [3.63, 3.8) is 0 Å². The first-order valence-electron chi connectivity index (χ1n) is 7.55. The van der Waals surface area contributed by atoms with Crippen LogP contribution in [0.25, 0.3) is 0 Å². The number of hydrogen-bond donors (Lipinski definition) is 1. The Kier molecular flexibility index (Phi) is 4.86. The molecule has 0 spiro atoms. The van der Waals surface area contributed by atoms with Crippen molar-refractivity contribution in [2.75, 3.05) is 7.11 Å². The summed E-state index contributed by atoms with van der Waals surface area (Å²) in [6.45, 7) is 0. The van der Waals surface area contributed by atoms with Crippen LogP contribution in [0.4, 0.5) is 4.79 Å².